The van der Waals surface area contributed by atoms with Gasteiger partial charge in [0.05, 0.1) is 11.7 Å². The Morgan fingerprint density at radius 1 is 0.966 bits per heavy atom. The Bertz CT molecular complexity index is 1090. The fraction of sp³-hybridized carbons (Fsp3) is 0.125. The lowest BCUT2D eigenvalue weighted by molar-refractivity contribution is 0.0926. The van der Waals surface area contributed by atoms with E-state index in [9.17, 15) is 4.79 Å². The van der Waals surface area contributed by atoms with Gasteiger partial charge >= 0.3 is 0 Å². The molecule has 144 valence electrons. The minimum absolute atomic E-state index is 0.153. The Morgan fingerprint density at radius 3 is 2.41 bits per heavy atom. The molecule has 4 rings (SSSR count). The highest BCUT2D eigenvalue weighted by molar-refractivity contribution is 5.90. The van der Waals surface area contributed by atoms with Gasteiger partial charge in [0.1, 0.15) is 6.33 Å². The van der Waals surface area contributed by atoms with Gasteiger partial charge in [0.15, 0.2) is 0 Å². The lowest BCUT2D eigenvalue weighted by Gasteiger charge is -2.18. The molecule has 0 saturated heterocycles. The molecular formula is C24H22N4O. The zero-order chi connectivity index (χ0) is 20.1. The number of hydrogen-bond acceptors (Lipinski definition) is 3. The molecule has 1 heterocycles. The van der Waals surface area contributed by atoms with Crippen molar-refractivity contribution < 1.29 is 4.79 Å². The Morgan fingerprint density at radius 2 is 1.69 bits per heavy atom. The minimum atomic E-state index is -0.291. The van der Waals surface area contributed by atoms with Gasteiger partial charge in [-0.1, -0.05) is 72.8 Å². The maximum absolute atomic E-state index is 12.9. The molecule has 1 unspecified atom stereocenters. The Hall–Kier alpha value is -3.73. The zero-order valence-electron chi connectivity index (χ0n) is 16.2. The molecule has 1 amide bonds. The van der Waals surface area contributed by atoms with Crippen LogP contribution in [0.25, 0.3) is 5.69 Å². The highest BCUT2D eigenvalue weighted by atomic mass is 16.2. The second kappa shape index (κ2) is 8.52. The molecule has 0 radical (unpaired) electrons. The molecule has 3 aromatic carbocycles. The molecule has 5 nitrogen and oxygen atoms in total. The molecule has 0 aliphatic heterocycles. The number of nitrogens with zero attached hydrogens (tertiary/aromatic N) is 3. The number of benzene rings is 3. The molecule has 5 heteroatoms. The van der Waals surface area contributed by atoms with Gasteiger partial charge < -0.3 is 5.32 Å². The topological polar surface area (TPSA) is 59.8 Å². The molecule has 4 aromatic rings. The number of nitrogens with one attached hydrogen (secondary N) is 1. The van der Waals surface area contributed by atoms with Gasteiger partial charge in [-0.2, -0.15) is 0 Å². The molecule has 29 heavy (non-hydrogen) atoms. The van der Waals surface area contributed by atoms with E-state index in [-0.39, 0.29) is 17.8 Å². The normalized spacial score (nSPS) is 11.8. The Labute approximate surface area is 170 Å². The number of carbonyl (C=O) groups excluding carboxylic acids is 1. The summed E-state index contributed by atoms with van der Waals surface area (Å²) in [6, 6.07) is 27.8. The average molecular weight is 382 g/mol. The van der Waals surface area contributed by atoms with Gasteiger partial charge in [-0.05, 0) is 42.2 Å². The summed E-state index contributed by atoms with van der Waals surface area (Å²) < 4.78 is 1.62. The summed E-state index contributed by atoms with van der Waals surface area (Å²) in [6.45, 7) is 2.02. The van der Waals surface area contributed by atoms with Gasteiger partial charge in [0, 0.05) is 0 Å². The summed E-state index contributed by atoms with van der Waals surface area (Å²) in [5.74, 6) is -0.137. The van der Waals surface area contributed by atoms with Crippen LogP contribution < -0.4 is 5.32 Å². The number of carbonyl (C=O) groups is 1. The van der Waals surface area contributed by atoms with Crippen molar-refractivity contribution in [2.75, 3.05) is 0 Å². The number of amides is 1. The van der Waals surface area contributed by atoms with Gasteiger partial charge in [0.2, 0.25) is 5.82 Å². The Balaban J connectivity index is 1.55. The van der Waals surface area contributed by atoms with E-state index in [2.05, 4.69) is 27.5 Å². The maximum Gasteiger partial charge on any atom is 0.291 e. The van der Waals surface area contributed by atoms with Crippen molar-refractivity contribution in [2.24, 2.45) is 0 Å². The van der Waals surface area contributed by atoms with Crippen LogP contribution in [-0.2, 0) is 6.42 Å². The van der Waals surface area contributed by atoms with E-state index in [1.807, 2.05) is 79.7 Å². The van der Waals surface area contributed by atoms with Crippen LogP contribution in [0, 0.1) is 6.92 Å². The zero-order valence-corrected chi connectivity index (χ0v) is 16.2. The smallest absolute Gasteiger partial charge is 0.291 e. The van der Waals surface area contributed by atoms with Crippen LogP contribution >= 0.6 is 0 Å². The summed E-state index contributed by atoms with van der Waals surface area (Å²) in [5.41, 5.74) is 4.19. The standard InChI is InChI=1S/C24H22N4O/c1-18-9-8-14-21(15-18)28-17-25-23(27-28)24(29)26-22(20-12-6-3-7-13-20)16-19-10-4-2-5-11-19/h2-15,17,22H,16H2,1H3,(H,26,29). The predicted molar refractivity (Wildman–Crippen MR) is 113 cm³/mol. The number of hydrogen-bond donors (Lipinski definition) is 1. The van der Waals surface area contributed by atoms with E-state index in [1.165, 1.54) is 0 Å². The predicted octanol–water partition coefficient (Wildman–Crippen LogP) is 4.29. The number of aromatic nitrogens is 3. The van der Waals surface area contributed by atoms with Crippen molar-refractivity contribution in [2.45, 2.75) is 19.4 Å². The van der Waals surface area contributed by atoms with Crippen LogP contribution in [0.3, 0.4) is 0 Å². The Kier molecular flexibility index (Phi) is 5.47. The van der Waals surface area contributed by atoms with Crippen molar-refractivity contribution in [3.8, 4) is 5.69 Å². The third-order valence-electron chi connectivity index (χ3n) is 4.75. The van der Waals surface area contributed by atoms with Crippen LogP contribution in [0.4, 0.5) is 0 Å². The van der Waals surface area contributed by atoms with Crippen LogP contribution in [0.1, 0.15) is 33.4 Å². The summed E-state index contributed by atoms with van der Waals surface area (Å²) in [5, 5.41) is 7.47. The minimum Gasteiger partial charge on any atom is -0.342 e. The molecule has 1 atom stereocenters. The lowest BCUT2D eigenvalue weighted by Crippen LogP contribution is -2.31. The molecule has 0 saturated carbocycles. The fourth-order valence-electron chi connectivity index (χ4n) is 3.27. The van der Waals surface area contributed by atoms with Gasteiger partial charge in [-0.3, -0.25) is 4.79 Å². The number of aryl methyl sites for hydroxylation is 1. The van der Waals surface area contributed by atoms with E-state index in [0.717, 1.165) is 22.4 Å². The van der Waals surface area contributed by atoms with Crippen molar-refractivity contribution in [1.82, 2.24) is 20.1 Å². The summed E-state index contributed by atoms with van der Waals surface area (Å²) in [4.78, 5) is 17.1. The monoisotopic (exact) mass is 382 g/mol. The van der Waals surface area contributed by atoms with Gasteiger partial charge in [-0.25, -0.2) is 9.67 Å². The second-order valence-electron chi connectivity index (χ2n) is 6.98. The van der Waals surface area contributed by atoms with Crippen LogP contribution in [0.2, 0.25) is 0 Å². The number of rotatable bonds is 6. The van der Waals surface area contributed by atoms with Crippen molar-refractivity contribution in [3.63, 3.8) is 0 Å². The lowest BCUT2D eigenvalue weighted by atomic mass is 9.99. The van der Waals surface area contributed by atoms with E-state index in [1.54, 1.807) is 11.0 Å². The van der Waals surface area contributed by atoms with Gasteiger partial charge in [-0.15, -0.1) is 5.10 Å². The molecule has 0 bridgehead atoms. The average Bonchev–Trinajstić information content (AvgIpc) is 3.25. The summed E-state index contributed by atoms with van der Waals surface area (Å²) in [6.07, 6.45) is 2.26. The molecule has 1 N–H and O–H groups in total. The van der Waals surface area contributed by atoms with Crippen molar-refractivity contribution in [3.05, 3.63) is 114 Å². The first-order valence-electron chi connectivity index (χ1n) is 9.57. The first-order chi connectivity index (χ1) is 14.2. The molecular weight excluding hydrogens is 360 g/mol. The third-order valence-corrected chi connectivity index (χ3v) is 4.75. The second-order valence-corrected chi connectivity index (χ2v) is 6.98. The molecule has 0 spiro atoms. The van der Waals surface area contributed by atoms with E-state index in [4.69, 9.17) is 0 Å². The first-order valence-corrected chi connectivity index (χ1v) is 9.57. The molecule has 0 aliphatic carbocycles. The van der Waals surface area contributed by atoms with Gasteiger partial charge in [0.25, 0.3) is 5.91 Å². The SMILES string of the molecule is Cc1cccc(-n2cnc(C(=O)NC(Cc3ccccc3)c3ccccc3)n2)c1. The van der Waals surface area contributed by atoms with Crippen LogP contribution in [0.5, 0.6) is 0 Å². The van der Waals surface area contributed by atoms with Crippen LogP contribution in [-0.4, -0.2) is 20.7 Å². The molecule has 1 aromatic heterocycles. The van der Waals surface area contributed by atoms with Crippen molar-refractivity contribution >= 4 is 5.91 Å². The van der Waals surface area contributed by atoms with Crippen molar-refractivity contribution in [1.29, 1.82) is 0 Å². The largest absolute Gasteiger partial charge is 0.342 e. The quantitative estimate of drug-likeness (QED) is 0.541. The van der Waals surface area contributed by atoms with E-state index < -0.39 is 0 Å². The first kappa shape index (κ1) is 18.6. The van der Waals surface area contributed by atoms with Crippen LogP contribution in [0.15, 0.2) is 91.3 Å². The highest BCUT2D eigenvalue weighted by Gasteiger charge is 2.19. The van der Waals surface area contributed by atoms with E-state index in [0.29, 0.717) is 6.42 Å². The highest BCUT2D eigenvalue weighted by Crippen LogP contribution is 2.19. The summed E-state index contributed by atoms with van der Waals surface area (Å²) in [7, 11) is 0. The van der Waals surface area contributed by atoms with E-state index >= 15 is 0 Å². The fourth-order valence-corrected chi connectivity index (χ4v) is 3.27. The molecule has 0 aliphatic rings. The maximum atomic E-state index is 12.9. The summed E-state index contributed by atoms with van der Waals surface area (Å²) >= 11 is 0. The molecule has 0 fully saturated rings. The third kappa shape index (κ3) is 4.58.